The van der Waals surface area contributed by atoms with Gasteiger partial charge in [0.2, 0.25) is 0 Å². The number of hydrogen-bond acceptors (Lipinski definition) is 8. The molecule has 0 saturated carbocycles. The van der Waals surface area contributed by atoms with Gasteiger partial charge in [0, 0.05) is 0 Å². The van der Waals surface area contributed by atoms with E-state index in [-0.39, 0.29) is 5.57 Å². The molecule has 0 spiro atoms. The summed E-state index contributed by atoms with van der Waals surface area (Å²) >= 11 is 0. The molecule has 28 heavy (non-hydrogen) atoms. The maximum absolute atomic E-state index is 10.7. The van der Waals surface area contributed by atoms with Crippen molar-refractivity contribution < 1.29 is 55.3 Å². The number of hydrogen-bond donors (Lipinski definition) is 4. The quantitative estimate of drug-likeness (QED) is 0.180. The summed E-state index contributed by atoms with van der Waals surface area (Å²) in [4.78, 5) is 30.7. The van der Waals surface area contributed by atoms with Crippen LogP contribution in [0.3, 0.4) is 0 Å². The van der Waals surface area contributed by atoms with Crippen molar-refractivity contribution in [3.8, 4) is 0 Å². The molecule has 0 rings (SSSR count). The molecule has 0 aliphatic carbocycles. The van der Waals surface area contributed by atoms with Crippen LogP contribution in [0.25, 0.3) is 0 Å². The van der Waals surface area contributed by atoms with E-state index in [1.54, 1.807) is 0 Å². The average Bonchev–Trinajstić information content (AvgIpc) is 2.56. The predicted molar refractivity (Wildman–Crippen MR) is 97.9 cm³/mol. The molecule has 0 aliphatic rings. The van der Waals surface area contributed by atoms with E-state index >= 15 is 0 Å². The first-order valence-electron chi connectivity index (χ1n) is 7.18. The van der Waals surface area contributed by atoms with Gasteiger partial charge in [-0.3, -0.25) is 18.7 Å². The lowest BCUT2D eigenvalue weighted by molar-refractivity contribution is -0.143. The zero-order valence-corrected chi connectivity index (χ0v) is 17.2. The Morgan fingerprint density at radius 3 is 1.54 bits per heavy atom. The van der Waals surface area contributed by atoms with Crippen LogP contribution < -0.4 is 0 Å². The number of ether oxygens (including phenoxy) is 1. The molecule has 14 heteroatoms. The van der Waals surface area contributed by atoms with E-state index in [1.165, 1.54) is 0 Å². The smallest absolute Gasteiger partial charge is 0.334 e. The van der Waals surface area contributed by atoms with Gasteiger partial charge >= 0.3 is 17.9 Å². The summed E-state index contributed by atoms with van der Waals surface area (Å²) in [7, 11) is -8.00. The first-order chi connectivity index (χ1) is 12.5. The minimum atomic E-state index is -4.84. The van der Waals surface area contributed by atoms with Crippen LogP contribution in [0, 0.1) is 0 Å². The minimum Gasteiger partial charge on any atom is -0.481 e. The van der Waals surface area contributed by atoms with Crippen molar-refractivity contribution in [1.29, 1.82) is 0 Å². The molecule has 12 nitrogen and oxygen atoms in total. The second-order valence-electron chi connectivity index (χ2n) is 4.78. The van der Waals surface area contributed by atoms with E-state index in [1.807, 2.05) is 26.0 Å². The molecule has 2 unspecified atom stereocenters. The van der Waals surface area contributed by atoms with Crippen molar-refractivity contribution in [2.75, 3.05) is 7.11 Å². The van der Waals surface area contributed by atoms with Gasteiger partial charge in [-0.15, -0.1) is 0 Å². The van der Waals surface area contributed by atoms with Crippen molar-refractivity contribution >= 4 is 38.1 Å². The summed E-state index contributed by atoms with van der Waals surface area (Å²) in [5, 5.41) is 12.6. The van der Waals surface area contributed by atoms with Gasteiger partial charge in [-0.2, -0.15) is 16.8 Å². The number of esters is 1. The molecular formula is C14H24O12S2. The van der Waals surface area contributed by atoms with E-state index in [0.29, 0.717) is 0 Å². The van der Waals surface area contributed by atoms with E-state index in [0.717, 1.165) is 14.0 Å². The van der Waals surface area contributed by atoms with Crippen LogP contribution in [0.15, 0.2) is 24.3 Å². The molecule has 0 aromatic heterocycles. The maximum Gasteiger partial charge on any atom is 0.334 e. The molecule has 0 aromatic carbocycles. The van der Waals surface area contributed by atoms with E-state index in [9.17, 15) is 31.2 Å². The first kappa shape index (κ1) is 30.4. The Morgan fingerprint density at radius 1 is 1.00 bits per heavy atom. The third kappa shape index (κ3) is 14.8. The van der Waals surface area contributed by atoms with Crippen molar-refractivity contribution in [3.63, 3.8) is 0 Å². The van der Waals surface area contributed by atoms with Gasteiger partial charge < -0.3 is 14.9 Å². The lowest BCUT2D eigenvalue weighted by Crippen LogP contribution is -2.31. The highest BCUT2D eigenvalue weighted by atomic mass is 32.2. The van der Waals surface area contributed by atoms with Gasteiger partial charge in [0.05, 0.1) is 19.1 Å². The zero-order chi connectivity index (χ0) is 23.3. The molecule has 0 aromatic rings. The lowest BCUT2D eigenvalue weighted by Gasteiger charge is -2.08. The fourth-order valence-corrected chi connectivity index (χ4v) is 2.02. The Bertz CT molecular complexity index is 773. The fraction of sp³-hybridized carbons (Fsp3) is 0.500. The Hall–Kier alpha value is -2.29. The molecular weight excluding hydrogens is 424 g/mol. The van der Waals surface area contributed by atoms with E-state index < -0.39 is 55.1 Å². The summed E-state index contributed by atoms with van der Waals surface area (Å²) in [6.45, 7) is 8.33. The van der Waals surface area contributed by atoms with E-state index in [2.05, 4.69) is 11.3 Å². The Balaban J connectivity index is -0.000000375. The van der Waals surface area contributed by atoms with E-state index in [4.69, 9.17) is 19.3 Å². The molecule has 0 amide bonds. The van der Waals surface area contributed by atoms with Crippen LogP contribution in [0.2, 0.25) is 0 Å². The number of aliphatic carboxylic acids is 2. The highest BCUT2D eigenvalue weighted by molar-refractivity contribution is 7.87. The molecule has 0 saturated heterocycles. The van der Waals surface area contributed by atoms with Gasteiger partial charge in [-0.05, 0) is 20.8 Å². The molecule has 4 N–H and O–H groups in total. The highest BCUT2D eigenvalue weighted by Gasteiger charge is 2.33. The summed E-state index contributed by atoms with van der Waals surface area (Å²) in [6, 6.07) is 0. The van der Waals surface area contributed by atoms with Gasteiger partial charge in [0.15, 0.2) is 5.25 Å². The van der Waals surface area contributed by atoms with Crippen LogP contribution in [0.5, 0.6) is 0 Å². The van der Waals surface area contributed by atoms with Gasteiger partial charge in [-0.1, -0.05) is 18.7 Å². The third-order valence-electron chi connectivity index (χ3n) is 2.71. The minimum absolute atomic E-state index is 0.292. The average molecular weight is 448 g/mol. The van der Waals surface area contributed by atoms with Crippen LogP contribution in [-0.2, 0) is 39.4 Å². The molecule has 164 valence electrons. The number of rotatable bonds is 7. The van der Waals surface area contributed by atoms with Crippen molar-refractivity contribution in [2.24, 2.45) is 0 Å². The van der Waals surface area contributed by atoms with Crippen molar-refractivity contribution in [1.82, 2.24) is 0 Å². The van der Waals surface area contributed by atoms with Gasteiger partial charge in [0.25, 0.3) is 20.2 Å². The SMILES string of the molecule is C=C(C(=O)OC)C(C)S(=O)(=O)O.CC=CC.O=C(O)CC(C(=O)O)S(=O)(=O)O. The first-order valence-corrected chi connectivity index (χ1v) is 10.2. The third-order valence-corrected chi connectivity index (χ3v) is 4.98. The number of carboxylic acids is 2. The van der Waals surface area contributed by atoms with Crippen molar-refractivity contribution in [3.05, 3.63) is 24.3 Å². The monoisotopic (exact) mass is 448 g/mol. The zero-order valence-electron chi connectivity index (χ0n) is 15.6. The Morgan fingerprint density at radius 2 is 1.39 bits per heavy atom. The highest BCUT2D eigenvalue weighted by Crippen LogP contribution is 2.09. The molecule has 2 atom stereocenters. The number of allylic oxidation sites excluding steroid dienone is 2. The predicted octanol–water partition coefficient (Wildman–Crippen LogP) is 0.376. The summed E-state index contributed by atoms with van der Waals surface area (Å²) < 4.78 is 62.3. The van der Waals surface area contributed by atoms with Crippen LogP contribution in [0.4, 0.5) is 0 Å². The lowest BCUT2D eigenvalue weighted by atomic mass is 10.2. The fourth-order valence-electron chi connectivity index (χ4n) is 0.955. The second-order valence-corrected chi connectivity index (χ2v) is 8.12. The van der Waals surface area contributed by atoms with Crippen LogP contribution >= 0.6 is 0 Å². The maximum atomic E-state index is 10.7. The van der Waals surface area contributed by atoms with Gasteiger partial charge in [0.1, 0.15) is 5.25 Å². The molecule has 0 heterocycles. The van der Waals surface area contributed by atoms with Crippen LogP contribution in [0.1, 0.15) is 27.2 Å². The van der Waals surface area contributed by atoms with Crippen LogP contribution in [-0.4, -0.2) is 71.7 Å². The summed E-state index contributed by atoms with van der Waals surface area (Å²) in [5.41, 5.74) is -0.292. The largest absolute Gasteiger partial charge is 0.481 e. The number of carboxylic acid groups (broad SMARTS) is 2. The summed E-state index contributed by atoms with van der Waals surface area (Å²) in [6.07, 6.45) is 2.84. The number of methoxy groups -OCH3 is 1. The Kier molecular flexibility index (Phi) is 15.0. The molecule has 0 radical (unpaired) electrons. The molecule has 0 fully saturated rings. The topological polar surface area (TPSA) is 210 Å². The number of carbonyl (C=O) groups is 3. The summed E-state index contributed by atoms with van der Waals surface area (Å²) in [5.74, 6) is -4.35. The standard InChI is InChI=1S/C6H10O5S.C4H6O7S.C4H8/c1-4(6(7)11-3)5(2)12(8,9)10;5-3(6)1-2(4(7)8)12(9,10)11;1-3-4-2/h5H,1H2,2-3H3,(H,8,9,10);2H,1H2,(H,5,6)(H,7,8)(H,9,10,11);3-4H,1-2H3. The molecule has 0 bridgehead atoms. The second kappa shape index (κ2) is 13.8. The normalized spacial score (nSPS) is 13.1. The number of carbonyl (C=O) groups excluding carboxylic acids is 1. The van der Waals surface area contributed by atoms with Crippen molar-refractivity contribution in [2.45, 2.75) is 37.7 Å². The van der Waals surface area contributed by atoms with Gasteiger partial charge in [-0.25, -0.2) is 4.79 Å². The Labute approximate surface area is 163 Å². The molecule has 0 aliphatic heterocycles.